The molecule has 0 unspecified atom stereocenters. The number of nitrogens with zero attached hydrogens (tertiary/aromatic N) is 2. The molecule has 3 aromatic carbocycles. The van der Waals surface area contributed by atoms with Crippen LogP contribution < -0.4 is 4.74 Å². The van der Waals surface area contributed by atoms with E-state index in [-0.39, 0.29) is 5.91 Å². The molecular weight excluding hydrogens is 372 g/mol. The third kappa shape index (κ3) is 4.89. The van der Waals surface area contributed by atoms with Gasteiger partial charge in [-0.15, -0.1) is 0 Å². The Morgan fingerprint density at radius 3 is 2.47 bits per heavy atom. The first-order valence-corrected chi connectivity index (χ1v) is 10.5. The Bertz CT molecular complexity index is 987. The van der Waals surface area contributed by atoms with Gasteiger partial charge in [0.1, 0.15) is 5.75 Å². The van der Waals surface area contributed by atoms with Crippen molar-refractivity contribution < 1.29 is 9.53 Å². The Morgan fingerprint density at radius 2 is 1.63 bits per heavy atom. The van der Waals surface area contributed by atoms with Crippen LogP contribution in [0.1, 0.15) is 17.5 Å². The lowest BCUT2D eigenvalue weighted by Gasteiger charge is -2.23. The molecule has 4 heteroatoms. The van der Waals surface area contributed by atoms with Crippen molar-refractivity contribution in [3.05, 3.63) is 90.0 Å². The third-order valence-corrected chi connectivity index (χ3v) is 5.68. The maximum atomic E-state index is 12.8. The van der Waals surface area contributed by atoms with Crippen LogP contribution in [0, 0.1) is 0 Å². The normalized spacial score (nSPS) is 15.1. The summed E-state index contributed by atoms with van der Waals surface area (Å²) in [7, 11) is 1.69. The number of carbonyl (C=O) groups excluding carboxylic acids is 1. The summed E-state index contributed by atoms with van der Waals surface area (Å²) in [5, 5.41) is 0. The Kier molecular flexibility index (Phi) is 6.45. The smallest absolute Gasteiger partial charge is 0.224 e. The van der Waals surface area contributed by atoms with E-state index in [9.17, 15) is 4.79 Å². The van der Waals surface area contributed by atoms with Crippen LogP contribution in [0.25, 0.3) is 11.1 Å². The van der Waals surface area contributed by atoms with E-state index in [4.69, 9.17) is 4.74 Å². The maximum Gasteiger partial charge on any atom is 0.224 e. The van der Waals surface area contributed by atoms with Gasteiger partial charge in [0.25, 0.3) is 0 Å². The lowest BCUT2D eigenvalue weighted by Crippen LogP contribution is -2.32. The molecule has 1 fully saturated rings. The number of benzene rings is 3. The standard InChI is InChI=1S/C26H28N2O2/c1-30-24-12-7-8-21(18-24)19-27-15-14-26(29)28(17-16-27)20-23-11-5-6-13-25(23)22-9-3-2-4-10-22/h2-13,18H,14-17,19-20H2,1H3. The van der Waals surface area contributed by atoms with E-state index in [1.807, 2.05) is 23.1 Å². The number of methoxy groups -OCH3 is 1. The highest BCUT2D eigenvalue weighted by molar-refractivity contribution is 5.77. The van der Waals surface area contributed by atoms with E-state index in [0.717, 1.165) is 31.9 Å². The first kappa shape index (κ1) is 20.2. The average molecular weight is 401 g/mol. The summed E-state index contributed by atoms with van der Waals surface area (Å²) in [5.41, 5.74) is 4.79. The molecule has 154 valence electrons. The van der Waals surface area contributed by atoms with Crippen molar-refractivity contribution in [1.82, 2.24) is 9.80 Å². The summed E-state index contributed by atoms with van der Waals surface area (Å²) >= 11 is 0. The van der Waals surface area contributed by atoms with Crippen LogP contribution in [-0.2, 0) is 17.9 Å². The zero-order valence-electron chi connectivity index (χ0n) is 17.5. The summed E-state index contributed by atoms with van der Waals surface area (Å²) in [6.07, 6.45) is 0.553. The molecule has 1 heterocycles. The molecule has 4 rings (SSSR count). The molecule has 0 atom stereocenters. The molecule has 4 nitrogen and oxygen atoms in total. The molecule has 0 radical (unpaired) electrons. The molecule has 0 spiro atoms. The zero-order chi connectivity index (χ0) is 20.8. The number of hydrogen-bond acceptors (Lipinski definition) is 3. The largest absolute Gasteiger partial charge is 0.497 e. The molecule has 3 aromatic rings. The van der Waals surface area contributed by atoms with Crippen LogP contribution in [-0.4, -0.2) is 42.5 Å². The Labute approximate surface area is 178 Å². The first-order valence-electron chi connectivity index (χ1n) is 10.5. The second kappa shape index (κ2) is 9.59. The molecule has 0 aliphatic carbocycles. The number of carbonyl (C=O) groups is 1. The highest BCUT2D eigenvalue weighted by atomic mass is 16.5. The number of amides is 1. The van der Waals surface area contributed by atoms with E-state index in [0.29, 0.717) is 13.0 Å². The molecule has 0 aromatic heterocycles. The zero-order valence-corrected chi connectivity index (χ0v) is 17.5. The van der Waals surface area contributed by atoms with Gasteiger partial charge in [-0.25, -0.2) is 0 Å². The highest BCUT2D eigenvalue weighted by Gasteiger charge is 2.22. The van der Waals surface area contributed by atoms with Crippen LogP contribution in [0.15, 0.2) is 78.9 Å². The third-order valence-electron chi connectivity index (χ3n) is 5.68. The van der Waals surface area contributed by atoms with Gasteiger partial charge in [-0.1, -0.05) is 66.7 Å². The summed E-state index contributed by atoms with van der Waals surface area (Å²) in [6.45, 7) is 3.88. The average Bonchev–Trinajstić information content (AvgIpc) is 2.96. The van der Waals surface area contributed by atoms with Crippen molar-refractivity contribution in [2.24, 2.45) is 0 Å². The van der Waals surface area contributed by atoms with E-state index in [1.165, 1.54) is 22.3 Å². The Morgan fingerprint density at radius 1 is 0.833 bits per heavy atom. The molecular formula is C26H28N2O2. The van der Waals surface area contributed by atoms with E-state index in [2.05, 4.69) is 65.6 Å². The molecule has 0 N–H and O–H groups in total. The predicted molar refractivity (Wildman–Crippen MR) is 120 cm³/mol. The lowest BCUT2D eigenvalue weighted by molar-refractivity contribution is -0.130. The fourth-order valence-electron chi connectivity index (χ4n) is 4.03. The van der Waals surface area contributed by atoms with Crippen molar-refractivity contribution in [3.63, 3.8) is 0 Å². The van der Waals surface area contributed by atoms with Crippen molar-refractivity contribution >= 4 is 5.91 Å². The minimum atomic E-state index is 0.228. The number of rotatable bonds is 6. The van der Waals surface area contributed by atoms with Crippen molar-refractivity contribution in [1.29, 1.82) is 0 Å². The second-order valence-electron chi connectivity index (χ2n) is 7.72. The van der Waals surface area contributed by atoms with Crippen LogP contribution in [0.4, 0.5) is 0 Å². The monoisotopic (exact) mass is 400 g/mol. The quantitative estimate of drug-likeness (QED) is 0.606. The van der Waals surface area contributed by atoms with Crippen molar-refractivity contribution in [3.8, 4) is 16.9 Å². The SMILES string of the molecule is COc1cccc(CN2CCC(=O)N(Cc3ccccc3-c3ccccc3)CC2)c1. The van der Waals surface area contributed by atoms with Crippen LogP contribution in [0.5, 0.6) is 5.75 Å². The minimum Gasteiger partial charge on any atom is -0.497 e. The van der Waals surface area contributed by atoms with Crippen LogP contribution >= 0.6 is 0 Å². The lowest BCUT2D eigenvalue weighted by atomic mass is 9.99. The van der Waals surface area contributed by atoms with Gasteiger partial charge in [-0.05, 0) is 34.4 Å². The highest BCUT2D eigenvalue weighted by Crippen LogP contribution is 2.25. The van der Waals surface area contributed by atoms with E-state index >= 15 is 0 Å². The van der Waals surface area contributed by atoms with Gasteiger partial charge in [0.05, 0.1) is 7.11 Å². The summed E-state index contributed by atoms with van der Waals surface area (Å²) in [5.74, 6) is 1.10. The number of ether oxygens (including phenoxy) is 1. The molecule has 1 aliphatic heterocycles. The van der Waals surface area contributed by atoms with Crippen molar-refractivity contribution in [2.45, 2.75) is 19.5 Å². The maximum absolute atomic E-state index is 12.8. The van der Waals surface area contributed by atoms with Gasteiger partial charge < -0.3 is 9.64 Å². The Balaban J connectivity index is 1.45. The molecule has 30 heavy (non-hydrogen) atoms. The molecule has 1 saturated heterocycles. The van der Waals surface area contributed by atoms with Crippen LogP contribution in [0.3, 0.4) is 0 Å². The molecule has 0 bridgehead atoms. The minimum absolute atomic E-state index is 0.228. The first-order chi connectivity index (χ1) is 14.7. The molecule has 0 saturated carbocycles. The number of hydrogen-bond donors (Lipinski definition) is 0. The fourth-order valence-corrected chi connectivity index (χ4v) is 4.03. The fraction of sp³-hybridized carbons (Fsp3) is 0.269. The molecule has 1 amide bonds. The summed E-state index contributed by atoms with van der Waals surface area (Å²) < 4.78 is 5.34. The van der Waals surface area contributed by atoms with Gasteiger partial charge in [-0.2, -0.15) is 0 Å². The second-order valence-corrected chi connectivity index (χ2v) is 7.72. The van der Waals surface area contributed by atoms with Gasteiger partial charge >= 0.3 is 0 Å². The van der Waals surface area contributed by atoms with Crippen LogP contribution in [0.2, 0.25) is 0 Å². The van der Waals surface area contributed by atoms with Gasteiger partial charge in [0.2, 0.25) is 5.91 Å². The molecule has 1 aliphatic rings. The van der Waals surface area contributed by atoms with Crippen molar-refractivity contribution in [2.75, 3.05) is 26.7 Å². The topological polar surface area (TPSA) is 32.8 Å². The van der Waals surface area contributed by atoms with E-state index in [1.54, 1.807) is 7.11 Å². The van der Waals surface area contributed by atoms with Gasteiger partial charge in [-0.3, -0.25) is 9.69 Å². The van der Waals surface area contributed by atoms with E-state index < -0.39 is 0 Å². The Hall–Kier alpha value is -3.11. The van der Waals surface area contributed by atoms with Gasteiger partial charge in [0, 0.05) is 39.1 Å². The van der Waals surface area contributed by atoms with Gasteiger partial charge in [0.15, 0.2) is 0 Å². The predicted octanol–water partition coefficient (Wildman–Crippen LogP) is 4.60. The summed E-state index contributed by atoms with van der Waals surface area (Å²) in [4.78, 5) is 17.2. The summed E-state index contributed by atoms with van der Waals surface area (Å²) in [6, 6.07) is 26.9.